The van der Waals surface area contributed by atoms with Crippen molar-refractivity contribution < 1.29 is 0 Å². The quantitative estimate of drug-likeness (QED) is 0.577. The van der Waals surface area contributed by atoms with Crippen molar-refractivity contribution in [2.24, 2.45) is 0 Å². The van der Waals surface area contributed by atoms with Crippen LogP contribution in [0.4, 0.5) is 0 Å². The standard InChI is InChI=1S/C11H23N/c1-5-6-7-11(12-4)9-8-10(2)3/h11-12H,2,5-9H2,1,3-4H3. The highest BCUT2D eigenvalue weighted by molar-refractivity contribution is 4.88. The molecule has 1 nitrogen and oxygen atoms in total. The van der Waals surface area contributed by atoms with Crippen LogP contribution in [0.3, 0.4) is 0 Å². The normalized spacial score (nSPS) is 12.9. The van der Waals surface area contributed by atoms with Crippen LogP contribution < -0.4 is 5.32 Å². The Balaban J connectivity index is 3.45. The molecule has 72 valence electrons. The van der Waals surface area contributed by atoms with Crippen LogP contribution in [0.1, 0.15) is 46.0 Å². The highest BCUT2D eigenvalue weighted by Gasteiger charge is 2.03. The number of unbranched alkanes of at least 4 members (excludes halogenated alkanes) is 1. The van der Waals surface area contributed by atoms with Crippen LogP contribution in [0.5, 0.6) is 0 Å². The van der Waals surface area contributed by atoms with Crippen LogP contribution in [-0.2, 0) is 0 Å². The maximum Gasteiger partial charge on any atom is 0.00671 e. The Hall–Kier alpha value is -0.300. The van der Waals surface area contributed by atoms with E-state index in [1.165, 1.54) is 31.3 Å². The average molecular weight is 169 g/mol. The van der Waals surface area contributed by atoms with Crippen molar-refractivity contribution in [3.8, 4) is 0 Å². The molecule has 0 aromatic rings. The maximum atomic E-state index is 3.91. The van der Waals surface area contributed by atoms with E-state index >= 15 is 0 Å². The van der Waals surface area contributed by atoms with Gasteiger partial charge in [0, 0.05) is 6.04 Å². The minimum absolute atomic E-state index is 0.696. The van der Waals surface area contributed by atoms with E-state index in [1.807, 2.05) is 0 Å². The molecule has 0 aromatic carbocycles. The van der Waals surface area contributed by atoms with Crippen molar-refractivity contribution in [3.05, 3.63) is 12.2 Å². The van der Waals surface area contributed by atoms with Crippen LogP contribution in [-0.4, -0.2) is 13.1 Å². The van der Waals surface area contributed by atoms with Gasteiger partial charge in [0.15, 0.2) is 0 Å². The molecule has 0 aliphatic carbocycles. The monoisotopic (exact) mass is 169 g/mol. The minimum atomic E-state index is 0.696. The van der Waals surface area contributed by atoms with Crippen molar-refractivity contribution >= 4 is 0 Å². The van der Waals surface area contributed by atoms with E-state index in [9.17, 15) is 0 Å². The average Bonchev–Trinajstić information content (AvgIpc) is 2.05. The van der Waals surface area contributed by atoms with Crippen LogP contribution in [0.25, 0.3) is 0 Å². The Kier molecular flexibility index (Phi) is 7.17. The van der Waals surface area contributed by atoms with Gasteiger partial charge in [-0.15, -0.1) is 6.58 Å². The summed E-state index contributed by atoms with van der Waals surface area (Å²) in [6.07, 6.45) is 6.34. The first-order chi connectivity index (χ1) is 5.70. The molecule has 0 saturated carbocycles. The highest BCUT2D eigenvalue weighted by Crippen LogP contribution is 2.09. The van der Waals surface area contributed by atoms with Crippen LogP contribution in [0.15, 0.2) is 12.2 Å². The second-order valence-electron chi connectivity index (χ2n) is 3.62. The van der Waals surface area contributed by atoms with Gasteiger partial charge in [-0.25, -0.2) is 0 Å². The number of hydrogen-bond acceptors (Lipinski definition) is 1. The number of rotatable bonds is 7. The summed E-state index contributed by atoms with van der Waals surface area (Å²) in [5, 5.41) is 3.35. The van der Waals surface area contributed by atoms with Crippen molar-refractivity contribution in [1.29, 1.82) is 0 Å². The fourth-order valence-corrected chi connectivity index (χ4v) is 1.30. The summed E-state index contributed by atoms with van der Waals surface area (Å²) in [6.45, 7) is 8.26. The molecule has 0 amide bonds. The van der Waals surface area contributed by atoms with Gasteiger partial charge in [-0.05, 0) is 33.2 Å². The molecule has 0 heterocycles. The highest BCUT2D eigenvalue weighted by atomic mass is 14.9. The van der Waals surface area contributed by atoms with Gasteiger partial charge in [-0.2, -0.15) is 0 Å². The zero-order valence-corrected chi connectivity index (χ0v) is 8.82. The zero-order valence-electron chi connectivity index (χ0n) is 8.82. The number of allylic oxidation sites excluding steroid dienone is 1. The Morgan fingerprint density at radius 1 is 1.42 bits per heavy atom. The zero-order chi connectivity index (χ0) is 9.40. The van der Waals surface area contributed by atoms with Crippen LogP contribution in [0.2, 0.25) is 0 Å². The van der Waals surface area contributed by atoms with E-state index < -0.39 is 0 Å². The van der Waals surface area contributed by atoms with Gasteiger partial charge in [0.05, 0.1) is 0 Å². The SMILES string of the molecule is C=C(C)CCC(CCCC)NC. The van der Waals surface area contributed by atoms with E-state index in [-0.39, 0.29) is 0 Å². The molecule has 0 aromatic heterocycles. The fraction of sp³-hybridized carbons (Fsp3) is 0.818. The molecule has 0 radical (unpaired) electrons. The van der Waals surface area contributed by atoms with Crippen molar-refractivity contribution in [1.82, 2.24) is 5.32 Å². The Bertz CT molecular complexity index is 118. The lowest BCUT2D eigenvalue weighted by Crippen LogP contribution is -2.24. The summed E-state index contributed by atoms with van der Waals surface area (Å²) in [4.78, 5) is 0. The summed E-state index contributed by atoms with van der Waals surface area (Å²) in [5.41, 5.74) is 1.30. The smallest absolute Gasteiger partial charge is 0.00671 e. The lowest BCUT2D eigenvalue weighted by Gasteiger charge is -2.15. The Morgan fingerprint density at radius 3 is 2.50 bits per heavy atom. The van der Waals surface area contributed by atoms with E-state index in [0.29, 0.717) is 6.04 Å². The number of nitrogens with one attached hydrogen (secondary N) is 1. The summed E-state index contributed by atoms with van der Waals surface area (Å²) in [7, 11) is 2.05. The molecular weight excluding hydrogens is 146 g/mol. The number of hydrogen-bond donors (Lipinski definition) is 1. The van der Waals surface area contributed by atoms with E-state index in [4.69, 9.17) is 0 Å². The van der Waals surface area contributed by atoms with Crippen LogP contribution >= 0.6 is 0 Å². The van der Waals surface area contributed by atoms with Gasteiger partial charge in [0.2, 0.25) is 0 Å². The molecule has 1 unspecified atom stereocenters. The summed E-state index contributed by atoms with van der Waals surface area (Å²) in [6, 6.07) is 0.696. The van der Waals surface area contributed by atoms with Crippen molar-refractivity contribution in [3.63, 3.8) is 0 Å². The predicted octanol–water partition coefficient (Wildman–Crippen LogP) is 3.12. The van der Waals surface area contributed by atoms with Crippen LogP contribution in [0, 0.1) is 0 Å². The second kappa shape index (κ2) is 7.35. The topological polar surface area (TPSA) is 12.0 Å². The third-order valence-corrected chi connectivity index (χ3v) is 2.23. The molecule has 1 N–H and O–H groups in total. The minimum Gasteiger partial charge on any atom is -0.317 e. The summed E-state index contributed by atoms with van der Waals surface area (Å²) in [5.74, 6) is 0. The van der Waals surface area contributed by atoms with E-state index in [1.54, 1.807) is 0 Å². The molecule has 0 bridgehead atoms. The molecule has 12 heavy (non-hydrogen) atoms. The molecule has 1 atom stereocenters. The molecule has 0 spiro atoms. The van der Waals surface area contributed by atoms with Gasteiger partial charge in [-0.1, -0.05) is 25.3 Å². The first-order valence-electron chi connectivity index (χ1n) is 5.02. The van der Waals surface area contributed by atoms with Gasteiger partial charge in [0.1, 0.15) is 0 Å². The van der Waals surface area contributed by atoms with Gasteiger partial charge in [0.25, 0.3) is 0 Å². The molecule has 0 aliphatic rings. The molecule has 1 heteroatoms. The van der Waals surface area contributed by atoms with Gasteiger partial charge in [-0.3, -0.25) is 0 Å². The third-order valence-electron chi connectivity index (χ3n) is 2.23. The molecule has 0 aliphatic heterocycles. The molecule has 0 rings (SSSR count). The molecule has 0 fully saturated rings. The first-order valence-corrected chi connectivity index (χ1v) is 5.02. The Morgan fingerprint density at radius 2 is 2.08 bits per heavy atom. The summed E-state index contributed by atoms with van der Waals surface area (Å²) < 4.78 is 0. The van der Waals surface area contributed by atoms with E-state index in [2.05, 4.69) is 32.8 Å². The van der Waals surface area contributed by atoms with Crippen molar-refractivity contribution in [2.75, 3.05) is 7.05 Å². The van der Waals surface area contributed by atoms with Crippen molar-refractivity contribution in [2.45, 2.75) is 52.0 Å². The Labute approximate surface area is 77.2 Å². The lowest BCUT2D eigenvalue weighted by atomic mass is 10.0. The first kappa shape index (κ1) is 11.7. The maximum absolute atomic E-state index is 3.91. The molecular formula is C11H23N. The fourth-order valence-electron chi connectivity index (χ4n) is 1.30. The van der Waals surface area contributed by atoms with Gasteiger partial charge < -0.3 is 5.32 Å². The predicted molar refractivity (Wildman–Crippen MR) is 56.4 cm³/mol. The van der Waals surface area contributed by atoms with E-state index in [0.717, 1.165) is 6.42 Å². The largest absolute Gasteiger partial charge is 0.317 e. The third kappa shape index (κ3) is 6.41. The lowest BCUT2D eigenvalue weighted by molar-refractivity contribution is 0.471. The molecule has 0 saturated heterocycles. The summed E-state index contributed by atoms with van der Waals surface area (Å²) >= 11 is 0. The second-order valence-corrected chi connectivity index (χ2v) is 3.62. The van der Waals surface area contributed by atoms with Gasteiger partial charge >= 0.3 is 0 Å².